The molecule has 5 heteroatoms. The molecule has 0 unspecified atom stereocenters. The van der Waals surface area contributed by atoms with Crippen LogP contribution in [0.25, 0.3) is 0 Å². The summed E-state index contributed by atoms with van der Waals surface area (Å²) < 4.78 is 9.79. The number of hydrogen-bond donors (Lipinski definition) is 0. The highest BCUT2D eigenvalue weighted by Crippen LogP contribution is 1.92. The van der Waals surface area contributed by atoms with E-state index in [-0.39, 0.29) is 18.5 Å². The maximum Gasteiger partial charge on any atom is 0.302 e. The van der Waals surface area contributed by atoms with Crippen molar-refractivity contribution < 1.29 is 19.1 Å². The van der Waals surface area contributed by atoms with Crippen LogP contribution in [0.4, 0.5) is 0 Å². The molecule has 0 bridgehead atoms. The fourth-order valence-corrected chi connectivity index (χ4v) is 0.946. The van der Waals surface area contributed by atoms with Gasteiger partial charge in [0.2, 0.25) is 5.91 Å². The standard InChI is InChI=1S/C10H19NO4.2C2H6/c1-4-14-7-5-10(13)11(3)6-8-15-9(2)12;2*1-2/h4-8H2,1-3H3;2*1-2H3. The Balaban J connectivity index is -0.000000579. The molecular formula is C14H31NO4. The average Bonchev–Trinajstić information content (AvgIpc) is 2.43. The van der Waals surface area contributed by atoms with Crippen molar-refractivity contribution in [3.05, 3.63) is 0 Å². The van der Waals surface area contributed by atoms with Crippen molar-refractivity contribution in [2.24, 2.45) is 0 Å². The van der Waals surface area contributed by atoms with E-state index in [4.69, 9.17) is 9.47 Å². The zero-order valence-electron chi connectivity index (χ0n) is 13.6. The first-order valence-corrected chi connectivity index (χ1v) is 7.03. The minimum atomic E-state index is -0.329. The zero-order chi connectivity index (χ0) is 15.7. The second-order valence-corrected chi connectivity index (χ2v) is 3.10. The largest absolute Gasteiger partial charge is 0.464 e. The number of ether oxygens (including phenoxy) is 2. The number of hydrogen-bond acceptors (Lipinski definition) is 4. The minimum absolute atomic E-state index is 0.00407. The molecule has 5 nitrogen and oxygen atoms in total. The third kappa shape index (κ3) is 19.4. The molecule has 0 N–H and O–H groups in total. The summed E-state index contributed by atoms with van der Waals surface area (Å²) in [4.78, 5) is 23.4. The summed E-state index contributed by atoms with van der Waals surface area (Å²) in [6.07, 6.45) is 0.365. The SMILES string of the molecule is CC.CC.CCOCCC(=O)N(C)CCOC(C)=O. The molecule has 19 heavy (non-hydrogen) atoms. The summed E-state index contributed by atoms with van der Waals surface area (Å²) in [7, 11) is 1.68. The summed E-state index contributed by atoms with van der Waals surface area (Å²) in [6, 6.07) is 0. The van der Waals surface area contributed by atoms with Crippen molar-refractivity contribution in [3.63, 3.8) is 0 Å². The molecular weight excluding hydrogens is 246 g/mol. The Morgan fingerprint density at radius 3 is 2.00 bits per heavy atom. The lowest BCUT2D eigenvalue weighted by Gasteiger charge is -2.16. The molecule has 0 spiro atoms. The predicted molar refractivity (Wildman–Crippen MR) is 78.1 cm³/mol. The molecule has 0 aromatic carbocycles. The van der Waals surface area contributed by atoms with Crippen LogP contribution in [-0.2, 0) is 19.1 Å². The molecule has 0 aliphatic heterocycles. The van der Waals surface area contributed by atoms with Gasteiger partial charge in [0, 0.05) is 20.6 Å². The quantitative estimate of drug-likeness (QED) is 0.530. The van der Waals surface area contributed by atoms with Gasteiger partial charge in [-0.3, -0.25) is 9.59 Å². The van der Waals surface area contributed by atoms with Crippen molar-refractivity contribution in [3.8, 4) is 0 Å². The van der Waals surface area contributed by atoms with Gasteiger partial charge in [0.05, 0.1) is 19.6 Å². The molecule has 0 fully saturated rings. The van der Waals surface area contributed by atoms with Gasteiger partial charge in [-0.1, -0.05) is 27.7 Å². The monoisotopic (exact) mass is 277 g/mol. The van der Waals surface area contributed by atoms with Gasteiger partial charge in [-0.05, 0) is 6.92 Å². The van der Waals surface area contributed by atoms with Crippen LogP contribution in [0.5, 0.6) is 0 Å². The van der Waals surface area contributed by atoms with Crippen LogP contribution in [0.2, 0.25) is 0 Å². The average molecular weight is 277 g/mol. The van der Waals surface area contributed by atoms with E-state index in [1.54, 1.807) is 7.05 Å². The number of rotatable bonds is 7. The summed E-state index contributed by atoms with van der Waals surface area (Å²) in [5.41, 5.74) is 0. The van der Waals surface area contributed by atoms with E-state index >= 15 is 0 Å². The zero-order valence-corrected chi connectivity index (χ0v) is 13.6. The number of carbonyl (C=O) groups excluding carboxylic acids is 2. The Morgan fingerprint density at radius 2 is 1.58 bits per heavy atom. The minimum Gasteiger partial charge on any atom is -0.464 e. The lowest BCUT2D eigenvalue weighted by molar-refractivity contribution is -0.143. The molecule has 0 atom stereocenters. The number of amides is 1. The highest BCUT2D eigenvalue weighted by atomic mass is 16.5. The molecule has 1 amide bonds. The third-order valence-corrected chi connectivity index (χ3v) is 1.82. The first kappa shape index (κ1) is 23.0. The van der Waals surface area contributed by atoms with Gasteiger partial charge in [-0.2, -0.15) is 0 Å². The Kier molecular flexibility index (Phi) is 23.3. The Labute approximate surface area is 118 Å². The van der Waals surface area contributed by atoms with Gasteiger partial charge in [0.1, 0.15) is 6.61 Å². The number of nitrogens with zero attached hydrogens (tertiary/aromatic N) is 1. The van der Waals surface area contributed by atoms with Crippen LogP contribution in [0.15, 0.2) is 0 Å². The predicted octanol–water partition coefficient (Wildman–Crippen LogP) is 2.49. The molecule has 0 radical (unpaired) electrons. The van der Waals surface area contributed by atoms with Crippen LogP contribution in [-0.4, -0.2) is 50.2 Å². The van der Waals surface area contributed by atoms with Gasteiger partial charge < -0.3 is 14.4 Å². The second kappa shape index (κ2) is 19.2. The van der Waals surface area contributed by atoms with Crippen LogP contribution < -0.4 is 0 Å². The number of likely N-dealkylation sites (N-methyl/N-ethyl adjacent to an activating group) is 1. The normalized spacial score (nSPS) is 8.37. The molecule has 0 saturated heterocycles. The molecule has 0 aliphatic carbocycles. The van der Waals surface area contributed by atoms with Gasteiger partial charge in [-0.25, -0.2) is 0 Å². The first-order valence-electron chi connectivity index (χ1n) is 7.03. The van der Waals surface area contributed by atoms with E-state index in [0.717, 1.165) is 0 Å². The lowest BCUT2D eigenvalue weighted by atomic mass is 10.4. The first-order chi connectivity index (χ1) is 9.07. The Morgan fingerprint density at radius 1 is 1.05 bits per heavy atom. The highest BCUT2D eigenvalue weighted by molar-refractivity contribution is 5.76. The smallest absolute Gasteiger partial charge is 0.302 e. The summed E-state index contributed by atoms with van der Waals surface area (Å²) in [5.74, 6) is -0.333. The van der Waals surface area contributed by atoms with Crippen molar-refractivity contribution in [2.75, 3.05) is 33.4 Å². The third-order valence-electron chi connectivity index (χ3n) is 1.82. The topological polar surface area (TPSA) is 55.8 Å². The van der Waals surface area contributed by atoms with Crippen LogP contribution >= 0.6 is 0 Å². The Hall–Kier alpha value is -1.10. The maximum absolute atomic E-state index is 11.4. The van der Waals surface area contributed by atoms with Crippen molar-refractivity contribution in [1.82, 2.24) is 4.90 Å². The molecule has 0 rings (SSSR count). The molecule has 116 valence electrons. The molecule has 0 heterocycles. The van der Waals surface area contributed by atoms with Gasteiger partial charge >= 0.3 is 5.97 Å². The Bertz CT molecular complexity index is 208. The van der Waals surface area contributed by atoms with E-state index in [1.165, 1.54) is 11.8 Å². The van der Waals surface area contributed by atoms with E-state index in [0.29, 0.717) is 26.2 Å². The van der Waals surface area contributed by atoms with Crippen molar-refractivity contribution >= 4 is 11.9 Å². The number of carbonyl (C=O) groups is 2. The molecule has 0 aromatic rings. The maximum atomic E-state index is 11.4. The summed E-state index contributed by atoms with van der Waals surface area (Å²) in [5, 5.41) is 0. The second-order valence-electron chi connectivity index (χ2n) is 3.10. The van der Waals surface area contributed by atoms with E-state index < -0.39 is 0 Å². The van der Waals surface area contributed by atoms with E-state index in [9.17, 15) is 9.59 Å². The van der Waals surface area contributed by atoms with Gasteiger partial charge in [-0.15, -0.1) is 0 Å². The summed E-state index contributed by atoms with van der Waals surface area (Å²) in [6.45, 7) is 12.9. The lowest BCUT2D eigenvalue weighted by Crippen LogP contribution is -2.31. The van der Waals surface area contributed by atoms with E-state index in [2.05, 4.69) is 0 Å². The van der Waals surface area contributed by atoms with Gasteiger partial charge in [0.25, 0.3) is 0 Å². The fourth-order valence-electron chi connectivity index (χ4n) is 0.946. The van der Waals surface area contributed by atoms with Crippen molar-refractivity contribution in [2.45, 2.75) is 48.0 Å². The molecule has 0 saturated carbocycles. The molecule has 0 aliphatic rings. The highest BCUT2D eigenvalue weighted by Gasteiger charge is 2.08. The summed E-state index contributed by atoms with van der Waals surface area (Å²) >= 11 is 0. The fraction of sp³-hybridized carbons (Fsp3) is 0.857. The van der Waals surface area contributed by atoms with E-state index in [1.807, 2.05) is 34.6 Å². The molecule has 0 aromatic heterocycles. The van der Waals surface area contributed by atoms with Crippen LogP contribution in [0.3, 0.4) is 0 Å². The van der Waals surface area contributed by atoms with Crippen LogP contribution in [0, 0.1) is 0 Å². The number of esters is 1. The van der Waals surface area contributed by atoms with Crippen molar-refractivity contribution in [1.29, 1.82) is 0 Å². The van der Waals surface area contributed by atoms with Crippen LogP contribution in [0.1, 0.15) is 48.0 Å². The van der Waals surface area contributed by atoms with Gasteiger partial charge in [0.15, 0.2) is 0 Å².